The van der Waals surface area contributed by atoms with Gasteiger partial charge in [-0.3, -0.25) is 0 Å². The van der Waals surface area contributed by atoms with Crippen LogP contribution in [0, 0.1) is 4.91 Å². The molecular formula is C8H7N2O+. The molecule has 0 amide bonds. The molecule has 0 saturated heterocycles. The molecule has 2 rings (SSSR count). The molecular weight excluding hydrogens is 140 g/mol. The van der Waals surface area contributed by atoms with Crippen molar-refractivity contribution in [2.24, 2.45) is 4.99 Å². The third-order valence-corrected chi connectivity index (χ3v) is 1.68. The van der Waals surface area contributed by atoms with E-state index in [1.54, 1.807) is 6.07 Å². The Kier molecular flexibility index (Phi) is 1.28. The van der Waals surface area contributed by atoms with Gasteiger partial charge in [-0.15, -0.1) is 0 Å². The Morgan fingerprint density at radius 1 is 1.36 bits per heavy atom. The van der Waals surface area contributed by atoms with Crippen LogP contribution in [-0.2, 0) is 6.54 Å². The lowest BCUT2D eigenvalue weighted by molar-refractivity contribution is -0.323. The maximum atomic E-state index is 11.1. The molecule has 1 heterocycles. The lowest BCUT2D eigenvalue weighted by atomic mass is 10.1. The van der Waals surface area contributed by atoms with E-state index in [-0.39, 0.29) is 0 Å². The largest absolute Gasteiger partial charge is 0.325 e. The van der Waals surface area contributed by atoms with Crippen molar-refractivity contribution in [2.75, 3.05) is 0 Å². The van der Waals surface area contributed by atoms with Gasteiger partial charge in [-0.2, -0.15) is 0 Å². The minimum atomic E-state index is 0.620. The molecule has 0 bridgehead atoms. The number of hydrogen-bond donors (Lipinski definition) is 0. The van der Waals surface area contributed by atoms with Crippen LogP contribution in [0.3, 0.4) is 0 Å². The van der Waals surface area contributed by atoms with Crippen LogP contribution in [0.1, 0.15) is 5.56 Å². The highest BCUT2D eigenvalue weighted by molar-refractivity contribution is 5.56. The van der Waals surface area contributed by atoms with Crippen LogP contribution in [0.4, 0.5) is 5.69 Å². The van der Waals surface area contributed by atoms with Crippen LogP contribution < -0.4 is 0 Å². The van der Waals surface area contributed by atoms with E-state index in [0.717, 1.165) is 10.3 Å². The summed E-state index contributed by atoms with van der Waals surface area (Å²) >= 11 is 0. The van der Waals surface area contributed by atoms with Crippen LogP contribution in [0.5, 0.6) is 0 Å². The molecule has 11 heavy (non-hydrogen) atoms. The van der Waals surface area contributed by atoms with Gasteiger partial charge >= 0.3 is 6.34 Å². The fraction of sp³-hybridized carbons (Fsp3) is 0.125. The average Bonchev–Trinajstić information content (AvgIpc) is 2.06. The first kappa shape index (κ1) is 6.22. The van der Waals surface area contributed by atoms with Crippen LogP contribution in [0.25, 0.3) is 0 Å². The monoisotopic (exact) mass is 147 g/mol. The minimum absolute atomic E-state index is 0.620. The van der Waals surface area contributed by atoms with Crippen LogP contribution in [0.15, 0.2) is 29.3 Å². The smallest absolute Gasteiger partial charge is 0.0820 e. The number of nitrogens with zero attached hydrogens (tertiary/aromatic N) is 2. The second-order valence-corrected chi connectivity index (χ2v) is 2.41. The van der Waals surface area contributed by atoms with Gasteiger partial charge in [0, 0.05) is 10.3 Å². The molecule has 1 aromatic rings. The van der Waals surface area contributed by atoms with Gasteiger partial charge in [-0.05, 0) is 6.07 Å². The van der Waals surface area contributed by atoms with Crippen LogP contribution >= 0.6 is 0 Å². The van der Waals surface area contributed by atoms with Crippen LogP contribution in [0.2, 0.25) is 0 Å². The first-order valence-electron chi connectivity index (χ1n) is 3.42. The maximum Gasteiger partial charge on any atom is 0.325 e. The summed E-state index contributed by atoms with van der Waals surface area (Å²) in [5.41, 5.74) is 1.70. The molecule has 1 aliphatic rings. The van der Waals surface area contributed by atoms with Gasteiger partial charge in [0.1, 0.15) is 0 Å². The van der Waals surface area contributed by atoms with E-state index in [2.05, 4.69) is 4.99 Å². The lowest BCUT2D eigenvalue weighted by Gasteiger charge is -2.00. The van der Waals surface area contributed by atoms with Crippen molar-refractivity contribution in [1.82, 2.24) is 0 Å². The van der Waals surface area contributed by atoms with Gasteiger partial charge in [0.2, 0.25) is 0 Å². The van der Waals surface area contributed by atoms with E-state index in [4.69, 9.17) is 0 Å². The molecule has 0 atom stereocenters. The Balaban J connectivity index is 2.59. The Labute approximate surface area is 64.0 Å². The zero-order valence-corrected chi connectivity index (χ0v) is 5.90. The predicted molar refractivity (Wildman–Crippen MR) is 41.9 cm³/mol. The SMILES string of the molecule is O=[N+]1C=NCc2ccccc21. The van der Waals surface area contributed by atoms with Gasteiger partial charge in [-0.25, -0.2) is 0 Å². The molecule has 0 spiro atoms. The van der Waals surface area contributed by atoms with Gasteiger partial charge in [-0.1, -0.05) is 28.1 Å². The van der Waals surface area contributed by atoms with Crippen molar-refractivity contribution in [3.63, 3.8) is 0 Å². The molecule has 1 aliphatic heterocycles. The van der Waals surface area contributed by atoms with Crippen molar-refractivity contribution >= 4 is 12.0 Å². The normalized spacial score (nSPS) is 14.7. The fourth-order valence-corrected chi connectivity index (χ4v) is 1.14. The molecule has 0 aromatic heterocycles. The third-order valence-electron chi connectivity index (χ3n) is 1.68. The standard InChI is InChI=1S/C8H7N2O/c11-10-6-9-5-7-3-1-2-4-8(7)10/h1-4,6H,5H2/q+1. The summed E-state index contributed by atoms with van der Waals surface area (Å²) in [4.78, 5) is 14.9. The third kappa shape index (κ3) is 0.941. The van der Waals surface area contributed by atoms with Crippen molar-refractivity contribution < 1.29 is 4.76 Å². The molecule has 3 heteroatoms. The van der Waals surface area contributed by atoms with E-state index < -0.39 is 0 Å². The van der Waals surface area contributed by atoms with Crippen molar-refractivity contribution in [1.29, 1.82) is 0 Å². The van der Waals surface area contributed by atoms with E-state index in [9.17, 15) is 4.91 Å². The molecule has 54 valence electrons. The molecule has 1 aromatic carbocycles. The predicted octanol–water partition coefficient (Wildman–Crippen LogP) is 1.64. The quantitative estimate of drug-likeness (QED) is 0.513. The number of fused-ring (bicyclic) bond motifs is 1. The number of hydrogen-bond acceptors (Lipinski definition) is 2. The first-order valence-corrected chi connectivity index (χ1v) is 3.42. The van der Waals surface area contributed by atoms with E-state index in [0.29, 0.717) is 12.2 Å². The van der Waals surface area contributed by atoms with Gasteiger partial charge < -0.3 is 0 Å². The molecule has 3 nitrogen and oxygen atoms in total. The van der Waals surface area contributed by atoms with Crippen molar-refractivity contribution in [3.8, 4) is 0 Å². The molecule has 0 N–H and O–H groups in total. The molecule has 0 radical (unpaired) electrons. The second-order valence-electron chi connectivity index (χ2n) is 2.41. The number of para-hydroxylation sites is 1. The Morgan fingerprint density at radius 2 is 2.18 bits per heavy atom. The Hall–Kier alpha value is -1.51. The second kappa shape index (κ2) is 2.27. The van der Waals surface area contributed by atoms with Gasteiger partial charge in [0.25, 0.3) is 0 Å². The number of benzene rings is 1. The molecule has 0 fully saturated rings. The zero-order valence-electron chi connectivity index (χ0n) is 5.90. The summed E-state index contributed by atoms with van der Waals surface area (Å²) in [6.07, 6.45) is 1.31. The van der Waals surface area contributed by atoms with Gasteiger partial charge in [0.15, 0.2) is 12.2 Å². The summed E-state index contributed by atoms with van der Waals surface area (Å²) in [7, 11) is 0. The summed E-state index contributed by atoms with van der Waals surface area (Å²) in [6, 6.07) is 7.47. The summed E-state index contributed by atoms with van der Waals surface area (Å²) < 4.78 is 0.791. The summed E-state index contributed by atoms with van der Waals surface area (Å²) in [5.74, 6) is 0. The molecule has 0 unspecified atom stereocenters. The maximum absolute atomic E-state index is 11.1. The molecule has 0 saturated carbocycles. The minimum Gasteiger partial charge on any atom is -0.0820 e. The van der Waals surface area contributed by atoms with Crippen molar-refractivity contribution in [3.05, 3.63) is 34.7 Å². The highest BCUT2D eigenvalue weighted by Crippen LogP contribution is 2.20. The van der Waals surface area contributed by atoms with Gasteiger partial charge in [0.05, 0.1) is 0 Å². The fourth-order valence-electron chi connectivity index (χ4n) is 1.14. The number of rotatable bonds is 0. The highest BCUT2D eigenvalue weighted by atomic mass is 16.3. The van der Waals surface area contributed by atoms with Crippen molar-refractivity contribution in [2.45, 2.75) is 6.54 Å². The Morgan fingerprint density at radius 3 is 3.00 bits per heavy atom. The lowest BCUT2D eigenvalue weighted by Crippen LogP contribution is -2.05. The summed E-state index contributed by atoms with van der Waals surface area (Å²) in [5, 5.41) is 0. The first-order chi connectivity index (χ1) is 5.38. The van der Waals surface area contributed by atoms with Crippen LogP contribution in [-0.4, -0.2) is 11.1 Å². The van der Waals surface area contributed by atoms with E-state index in [1.165, 1.54) is 6.34 Å². The van der Waals surface area contributed by atoms with E-state index >= 15 is 0 Å². The number of nitroso groups, excluding NO2 is 1. The molecule has 0 aliphatic carbocycles. The summed E-state index contributed by atoms with van der Waals surface area (Å²) in [6.45, 7) is 0.620. The zero-order chi connectivity index (χ0) is 7.68. The topological polar surface area (TPSA) is 32.4 Å². The Bertz CT molecular complexity index is 331. The highest BCUT2D eigenvalue weighted by Gasteiger charge is 2.17. The van der Waals surface area contributed by atoms with E-state index in [1.807, 2.05) is 18.2 Å². The number of aliphatic imine (C=N–C) groups is 1. The average molecular weight is 147 g/mol.